The molecule has 12 atom stereocenters. The lowest BCUT2D eigenvalue weighted by atomic mass is 10.0. The molecule has 0 bridgehead atoms. The van der Waals surface area contributed by atoms with Crippen LogP contribution in [0.15, 0.2) is 0 Å². The molecule has 0 amide bonds. The summed E-state index contributed by atoms with van der Waals surface area (Å²) < 4.78 is 13.2. The SMILES string of the molecule is O=C([O][Al]([O]C(=O)C(O)C(O)C(O)C(O)CO)[O]C(=O)C(O)C(O)C(O)C(O)CO)C(O)C(O)C(O)C(O)CO. The Balaban J connectivity index is 5.86. The largest absolute Gasteiger partial charge is 1.20 e. The number of hydrogen-bond acceptors (Lipinski definition) is 21. The number of carbonyl (C=O) groups is 3. The van der Waals surface area contributed by atoms with Crippen molar-refractivity contribution in [2.24, 2.45) is 0 Å². The molecule has 234 valence electrons. The molecule has 22 heteroatoms. The molecule has 0 aliphatic rings. The zero-order valence-electron chi connectivity index (χ0n) is 20.3. The summed E-state index contributed by atoms with van der Waals surface area (Å²) in [5.74, 6) is -6.15. The third-order valence-electron chi connectivity index (χ3n) is 5.13. The van der Waals surface area contributed by atoms with E-state index in [0.29, 0.717) is 0 Å². The minimum absolute atomic E-state index is 1.15. The smallest absolute Gasteiger partial charge is 0.549 e. The van der Waals surface area contributed by atoms with Crippen molar-refractivity contribution >= 4 is 33.1 Å². The Labute approximate surface area is 228 Å². The van der Waals surface area contributed by atoms with Crippen molar-refractivity contribution in [1.82, 2.24) is 0 Å². The zero-order chi connectivity index (χ0) is 31.5. The van der Waals surface area contributed by atoms with Crippen molar-refractivity contribution in [3.63, 3.8) is 0 Å². The van der Waals surface area contributed by atoms with Crippen LogP contribution in [0.4, 0.5) is 0 Å². The van der Waals surface area contributed by atoms with Crippen LogP contribution in [0.5, 0.6) is 0 Å². The van der Waals surface area contributed by atoms with Gasteiger partial charge in [-0.25, -0.2) is 0 Å². The number of hydrogen-bond donors (Lipinski definition) is 15. The molecule has 21 nitrogen and oxygen atoms in total. The maximum Gasteiger partial charge on any atom is 1.20 e. The third kappa shape index (κ3) is 11.0. The topological polar surface area (TPSA) is 382 Å². The van der Waals surface area contributed by atoms with Crippen molar-refractivity contribution < 1.29 is 102 Å². The third-order valence-corrected chi connectivity index (χ3v) is 6.40. The van der Waals surface area contributed by atoms with E-state index in [1.807, 2.05) is 0 Å². The van der Waals surface area contributed by atoms with Gasteiger partial charge in [-0.15, -0.1) is 0 Å². The van der Waals surface area contributed by atoms with E-state index in [-0.39, 0.29) is 0 Å². The summed E-state index contributed by atoms with van der Waals surface area (Å²) in [5.41, 5.74) is 0. The van der Waals surface area contributed by atoms with Gasteiger partial charge >= 0.3 is 33.1 Å². The molecular weight excluding hydrogens is 579 g/mol. The number of carbonyl (C=O) groups excluding carboxylic acids is 3. The van der Waals surface area contributed by atoms with Gasteiger partial charge in [-0.1, -0.05) is 0 Å². The Morgan fingerprint density at radius 2 is 0.625 bits per heavy atom. The zero-order valence-corrected chi connectivity index (χ0v) is 21.4. The predicted molar refractivity (Wildman–Crippen MR) is 117 cm³/mol. The number of rotatable bonds is 18. The molecule has 0 saturated carbocycles. The van der Waals surface area contributed by atoms with E-state index >= 15 is 0 Å². The van der Waals surface area contributed by atoms with Gasteiger partial charge in [-0.3, -0.25) is 14.4 Å². The monoisotopic (exact) mass is 612 g/mol. The fourth-order valence-corrected chi connectivity index (χ4v) is 3.68. The second-order valence-electron chi connectivity index (χ2n) is 8.13. The maximum absolute atomic E-state index is 12.2. The second kappa shape index (κ2) is 18.0. The van der Waals surface area contributed by atoms with Crippen LogP contribution in [0.25, 0.3) is 0 Å². The first-order valence-corrected chi connectivity index (χ1v) is 12.5. The van der Waals surface area contributed by atoms with Gasteiger partial charge in [0, 0.05) is 0 Å². The lowest BCUT2D eigenvalue weighted by Gasteiger charge is -2.27. The van der Waals surface area contributed by atoms with Gasteiger partial charge < -0.3 is 88.0 Å². The molecule has 40 heavy (non-hydrogen) atoms. The van der Waals surface area contributed by atoms with Gasteiger partial charge in [0.15, 0.2) is 18.3 Å². The van der Waals surface area contributed by atoms with Crippen LogP contribution in [0.3, 0.4) is 0 Å². The van der Waals surface area contributed by atoms with Crippen molar-refractivity contribution in [2.45, 2.75) is 73.2 Å². The normalized spacial score (nSPS) is 20.8. The summed E-state index contributed by atoms with van der Waals surface area (Å²) in [6, 6.07) is 0. The van der Waals surface area contributed by atoms with E-state index < -0.39 is 126 Å². The quantitative estimate of drug-likeness (QED) is 0.0638. The molecule has 15 N–H and O–H groups in total. The molecule has 0 aliphatic heterocycles. The average molecular weight is 612 g/mol. The molecule has 0 saturated heterocycles. The van der Waals surface area contributed by atoms with Gasteiger partial charge in [0.25, 0.3) is 0 Å². The second-order valence-corrected chi connectivity index (χ2v) is 9.41. The molecule has 0 aliphatic carbocycles. The van der Waals surface area contributed by atoms with Crippen LogP contribution in [-0.2, 0) is 25.7 Å². The molecule has 0 rings (SSSR count). The molecule has 0 aromatic rings. The van der Waals surface area contributed by atoms with E-state index in [1.54, 1.807) is 0 Å². The number of aliphatic hydroxyl groups is 15. The van der Waals surface area contributed by atoms with Gasteiger partial charge in [0.2, 0.25) is 0 Å². The van der Waals surface area contributed by atoms with Crippen LogP contribution in [-0.4, -0.2) is 203 Å². The van der Waals surface area contributed by atoms with E-state index in [4.69, 9.17) is 15.3 Å². The lowest BCUT2D eigenvalue weighted by Crippen LogP contribution is -2.53. The van der Waals surface area contributed by atoms with Crippen LogP contribution < -0.4 is 0 Å². The fraction of sp³-hybridized carbons (Fsp3) is 0.833. The van der Waals surface area contributed by atoms with Crippen molar-refractivity contribution in [2.75, 3.05) is 19.8 Å². The molecular formula is C18H33AlO21. The molecule has 0 spiro atoms. The summed E-state index contributed by atoms with van der Waals surface area (Å²) in [6.07, 6.45) is -29.5. The van der Waals surface area contributed by atoms with Crippen molar-refractivity contribution in [1.29, 1.82) is 0 Å². The highest BCUT2D eigenvalue weighted by Gasteiger charge is 2.54. The van der Waals surface area contributed by atoms with Gasteiger partial charge in [0.1, 0.15) is 54.9 Å². The molecule has 0 aromatic carbocycles. The minimum Gasteiger partial charge on any atom is -0.549 e. The van der Waals surface area contributed by atoms with Crippen LogP contribution in [0.1, 0.15) is 0 Å². The first kappa shape index (κ1) is 38.3. The minimum atomic E-state index is -4.83. The fourth-order valence-electron chi connectivity index (χ4n) is 2.55. The van der Waals surface area contributed by atoms with Crippen LogP contribution in [0.2, 0.25) is 0 Å². The average Bonchev–Trinajstić information content (AvgIpc) is 2.95. The Kier molecular flexibility index (Phi) is 17.3. The highest BCUT2D eigenvalue weighted by molar-refractivity contribution is 6.44. The maximum atomic E-state index is 12.2. The van der Waals surface area contributed by atoms with E-state index in [1.165, 1.54) is 0 Å². The Morgan fingerprint density at radius 3 is 0.800 bits per heavy atom. The molecule has 0 fully saturated rings. The Bertz CT molecular complexity index is 687. The van der Waals surface area contributed by atoms with Crippen LogP contribution in [0, 0.1) is 0 Å². The Hall–Kier alpha value is -1.66. The summed E-state index contributed by atoms with van der Waals surface area (Å²) >= 11 is -4.83. The molecule has 0 heterocycles. The molecule has 0 radical (unpaired) electrons. The summed E-state index contributed by atoms with van der Waals surface area (Å²) in [5, 5.41) is 142. The van der Waals surface area contributed by atoms with Crippen molar-refractivity contribution in [3.8, 4) is 0 Å². The van der Waals surface area contributed by atoms with Crippen LogP contribution >= 0.6 is 0 Å². The molecule has 12 unspecified atom stereocenters. The van der Waals surface area contributed by atoms with Gasteiger partial charge in [-0.2, -0.15) is 0 Å². The first-order chi connectivity index (χ1) is 18.5. The highest BCUT2D eigenvalue weighted by atomic mass is 27.3. The summed E-state index contributed by atoms with van der Waals surface area (Å²) in [6.45, 7) is -3.46. The first-order valence-electron chi connectivity index (χ1n) is 11.1. The Morgan fingerprint density at radius 1 is 0.425 bits per heavy atom. The summed E-state index contributed by atoms with van der Waals surface area (Å²) in [7, 11) is 0. The van der Waals surface area contributed by atoms with E-state index in [0.717, 1.165) is 0 Å². The van der Waals surface area contributed by atoms with E-state index in [2.05, 4.69) is 11.4 Å². The van der Waals surface area contributed by atoms with Gasteiger partial charge in [0.05, 0.1) is 19.8 Å². The molecule has 0 aromatic heterocycles. The summed E-state index contributed by atoms with van der Waals surface area (Å²) in [4.78, 5) is 36.6. The van der Waals surface area contributed by atoms with Crippen molar-refractivity contribution in [3.05, 3.63) is 0 Å². The van der Waals surface area contributed by atoms with E-state index in [9.17, 15) is 75.7 Å². The lowest BCUT2D eigenvalue weighted by molar-refractivity contribution is -0.175. The predicted octanol–water partition coefficient (Wildman–Crippen LogP) is -11.1. The van der Waals surface area contributed by atoms with Gasteiger partial charge in [-0.05, 0) is 0 Å². The number of aliphatic hydroxyl groups excluding tert-OH is 15. The highest BCUT2D eigenvalue weighted by Crippen LogP contribution is 2.13. The standard InChI is InChI=1S/3C6H12O7.Al/c3*7-1-2(8)3(9)4(10)5(11)6(12)13;/h3*2-5,7-11H,1H2,(H,12,13);/q;;;+3/p-3.